The molecule has 1 heteroatoms. The molecular weight excluding hydrogens is 376 g/mol. The Morgan fingerprint density at radius 3 is 1.00 bits per heavy atom. The summed E-state index contributed by atoms with van der Waals surface area (Å²) in [6.45, 7) is 14.3. The van der Waals surface area contributed by atoms with E-state index < -0.39 is 0 Å². The lowest BCUT2D eigenvalue weighted by Crippen LogP contribution is -1.73. The van der Waals surface area contributed by atoms with E-state index in [0.29, 0.717) is 5.57 Å². The molecular formula is C30H38O. The summed E-state index contributed by atoms with van der Waals surface area (Å²) in [5.41, 5.74) is 6.71. The number of rotatable bonds is 11. The normalized spacial score (nSPS) is 15.4. The van der Waals surface area contributed by atoms with Gasteiger partial charge >= 0.3 is 0 Å². The fourth-order valence-electron chi connectivity index (χ4n) is 2.12. The minimum atomic E-state index is 0.712. The van der Waals surface area contributed by atoms with Crippen molar-refractivity contribution in [1.82, 2.24) is 0 Å². The van der Waals surface area contributed by atoms with Crippen LogP contribution < -0.4 is 0 Å². The van der Waals surface area contributed by atoms with Crippen LogP contribution in [0.2, 0.25) is 0 Å². The second kappa shape index (κ2) is 17.7. The number of allylic oxidation sites excluding steroid dienone is 22. The molecule has 0 aromatic heterocycles. The predicted molar refractivity (Wildman–Crippen MR) is 140 cm³/mol. The molecule has 0 fully saturated rings. The molecule has 0 unspecified atom stereocenters. The third-order valence-electron chi connectivity index (χ3n) is 3.96. The largest absolute Gasteiger partial charge is 0.298 e. The van der Waals surface area contributed by atoms with Gasteiger partial charge in [-0.3, -0.25) is 4.79 Å². The van der Waals surface area contributed by atoms with Crippen LogP contribution >= 0.6 is 0 Å². The van der Waals surface area contributed by atoms with Crippen molar-refractivity contribution in [3.8, 4) is 0 Å². The quantitative estimate of drug-likeness (QED) is 0.188. The maximum atomic E-state index is 10.5. The predicted octanol–water partition coefficient (Wildman–Crippen LogP) is 8.66. The number of carbonyl (C=O) groups is 1. The zero-order valence-electron chi connectivity index (χ0n) is 20.2. The fourth-order valence-corrected chi connectivity index (χ4v) is 2.12. The molecule has 0 aromatic carbocycles. The topological polar surface area (TPSA) is 17.1 Å². The SMILES string of the molecule is CC(C)=C\C=C/C(C)=C\C=C/C(C)=C\C=C/C=C(C)\C=C/C=C(C)\C=C/C=C(/C)C=O. The monoisotopic (exact) mass is 414 g/mol. The van der Waals surface area contributed by atoms with E-state index in [0.717, 1.165) is 11.9 Å². The summed E-state index contributed by atoms with van der Waals surface area (Å²) >= 11 is 0. The minimum Gasteiger partial charge on any atom is -0.298 e. The standard InChI is InChI=1S/C30H38O/c1-25(2)14-10-17-28(5)20-11-18-26(3)15-8-9-16-27(4)19-12-21-29(6)22-13-23-30(7)24-31/h8-24H,1-7H3/b9-8-,17-10-,18-11-,19-12-,22-13-,26-15-,27-16-,28-20-,29-21-,30-23-. The van der Waals surface area contributed by atoms with Crippen molar-refractivity contribution in [1.29, 1.82) is 0 Å². The second-order valence-electron chi connectivity index (χ2n) is 7.74. The summed E-state index contributed by atoms with van der Waals surface area (Å²) in [5.74, 6) is 0. The van der Waals surface area contributed by atoms with Crippen LogP contribution in [0.15, 0.2) is 131 Å². The third-order valence-corrected chi connectivity index (χ3v) is 3.96. The molecule has 0 N–H and O–H groups in total. The molecule has 0 rings (SSSR count). The Balaban J connectivity index is 4.70. The fraction of sp³-hybridized carbons (Fsp3) is 0.233. The Labute approximate surface area is 190 Å². The van der Waals surface area contributed by atoms with E-state index in [1.165, 1.54) is 22.3 Å². The smallest absolute Gasteiger partial charge is 0.145 e. The molecule has 0 aliphatic carbocycles. The first-order valence-corrected chi connectivity index (χ1v) is 10.6. The Morgan fingerprint density at radius 1 is 0.387 bits per heavy atom. The molecule has 1 nitrogen and oxygen atoms in total. The van der Waals surface area contributed by atoms with Crippen molar-refractivity contribution in [3.05, 3.63) is 131 Å². The Morgan fingerprint density at radius 2 is 0.677 bits per heavy atom. The van der Waals surface area contributed by atoms with Gasteiger partial charge in [0, 0.05) is 0 Å². The lowest BCUT2D eigenvalue weighted by molar-refractivity contribution is -0.104. The van der Waals surface area contributed by atoms with Gasteiger partial charge in [0.15, 0.2) is 0 Å². The van der Waals surface area contributed by atoms with Crippen LogP contribution in [0.25, 0.3) is 0 Å². The molecule has 0 saturated carbocycles. The maximum Gasteiger partial charge on any atom is 0.145 e. The molecule has 0 bridgehead atoms. The average Bonchev–Trinajstić information content (AvgIpc) is 2.70. The van der Waals surface area contributed by atoms with E-state index in [2.05, 4.69) is 89.3 Å². The molecule has 0 aliphatic heterocycles. The molecule has 31 heavy (non-hydrogen) atoms. The summed E-state index contributed by atoms with van der Waals surface area (Å²) in [6, 6.07) is 0. The first-order chi connectivity index (χ1) is 14.7. The maximum absolute atomic E-state index is 10.5. The van der Waals surface area contributed by atoms with Gasteiger partial charge in [0.2, 0.25) is 0 Å². The Kier molecular flexibility index (Phi) is 15.8. The number of hydrogen-bond acceptors (Lipinski definition) is 1. The first-order valence-electron chi connectivity index (χ1n) is 10.6. The van der Waals surface area contributed by atoms with Gasteiger partial charge in [-0.1, -0.05) is 125 Å². The van der Waals surface area contributed by atoms with Crippen molar-refractivity contribution >= 4 is 6.29 Å². The summed E-state index contributed by atoms with van der Waals surface area (Å²) in [6.07, 6.45) is 33.5. The Hall–Kier alpha value is -3.19. The number of carbonyl (C=O) groups excluding carboxylic acids is 1. The van der Waals surface area contributed by atoms with Crippen molar-refractivity contribution in [3.63, 3.8) is 0 Å². The Bertz CT molecular complexity index is 894. The van der Waals surface area contributed by atoms with Gasteiger partial charge < -0.3 is 0 Å². The molecule has 0 heterocycles. The number of aldehydes is 1. The van der Waals surface area contributed by atoms with E-state index in [-0.39, 0.29) is 0 Å². The lowest BCUT2D eigenvalue weighted by atomic mass is 10.2. The molecule has 0 atom stereocenters. The summed E-state index contributed by atoms with van der Waals surface area (Å²) in [4.78, 5) is 10.5. The highest BCUT2D eigenvalue weighted by Gasteiger charge is 1.83. The highest BCUT2D eigenvalue weighted by Crippen LogP contribution is 2.03. The van der Waals surface area contributed by atoms with Crippen LogP contribution in [0, 0.1) is 0 Å². The van der Waals surface area contributed by atoms with Crippen molar-refractivity contribution < 1.29 is 4.79 Å². The van der Waals surface area contributed by atoms with Gasteiger partial charge in [0.25, 0.3) is 0 Å². The molecule has 0 aliphatic rings. The van der Waals surface area contributed by atoms with Gasteiger partial charge in [-0.2, -0.15) is 0 Å². The molecule has 0 aromatic rings. The van der Waals surface area contributed by atoms with E-state index >= 15 is 0 Å². The molecule has 164 valence electrons. The van der Waals surface area contributed by atoms with Crippen molar-refractivity contribution in [2.45, 2.75) is 48.5 Å². The molecule has 0 spiro atoms. The van der Waals surface area contributed by atoms with Gasteiger partial charge in [0.1, 0.15) is 6.29 Å². The highest BCUT2D eigenvalue weighted by molar-refractivity contribution is 5.72. The van der Waals surface area contributed by atoms with Crippen LogP contribution in [-0.2, 0) is 4.79 Å². The second-order valence-corrected chi connectivity index (χ2v) is 7.74. The summed E-state index contributed by atoms with van der Waals surface area (Å²) in [5, 5.41) is 0. The van der Waals surface area contributed by atoms with Crippen LogP contribution in [0.3, 0.4) is 0 Å². The number of hydrogen-bond donors (Lipinski definition) is 0. The minimum absolute atomic E-state index is 0.712. The van der Waals surface area contributed by atoms with E-state index in [4.69, 9.17) is 0 Å². The van der Waals surface area contributed by atoms with Crippen molar-refractivity contribution in [2.75, 3.05) is 0 Å². The average molecular weight is 415 g/mol. The summed E-state index contributed by atoms with van der Waals surface area (Å²) in [7, 11) is 0. The lowest BCUT2D eigenvalue weighted by Gasteiger charge is -1.91. The zero-order chi connectivity index (χ0) is 23.5. The third kappa shape index (κ3) is 18.6. The van der Waals surface area contributed by atoms with E-state index in [1.807, 2.05) is 43.4 Å². The van der Waals surface area contributed by atoms with Crippen LogP contribution in [0.1, 0.15) is 48.5 Å². The van der Waals surface area contributed by atoms with Crippen LogP contribution in [-0.4, -0.2) is 6.29 Å². The molecule has 0 saturated heterocycles. The molecule has 0 amide bonds. The van der Waals surface area contributed by atoms with Gasteiger partial charge in [0.05, 0.1) is 0 Å². The summed E-state index contributed by atoms with van der Waals surface area (Å²) < 4.78 is 0. The van der Waals surface area contributed by atoms with Crippen LogP contribution in [0.4, 0.5) is 0 Å². The first kappa shape index (κ1) is 27.8. The van der Waals surface area contributed by atoms with Gasteiger partial charge in [-0.25, -0.2) is 0 Å². The van der Waals surface area contributed by atoms with Gasteiger partial charge in [-0.05, 0) is 54.0 Å². The van der Waals surface area contributed by atoms with E-state index in [9.17, 15) is 4.79 Å². The van der Waals surface area contributed by atoms with Crippen molar-refractivity contribution in [2.24, 2.45) is 0 Å². The molecule has 0 radical (unpaired) electrons. The highest BCUT2D eigenvalue weighted by atomic mass is 16.1. The van der Waals surface area contributed by atoms with E-state index in [1.54, 1.807) is 13.0 Å². The van der Waals surface area contributed by atoms with Gasteiger partial charge in [-0.15, -0.1) is 0 Å². The van der Waals surface area contributed by atoms with Crippen LogP contribution in [0.5, 0.6) is 0 Å². The zero-order valence-corrected chi connectivity index (χ0v) is 20.2.